The zero-order valence-electron chi connectivity index (χ0n) is 11.4. The minimum absolute atomic E-state index is 0.00812. The second-order valence-corrected chi connectivity index (χ2v) is 6.17. The topological polar surface area (TPSA) is 43.1 Å². The van der Waals surface area contributed by atoms with Gasteiger partial charge in [-0.25, -0.2) is 8.78 Å². The molecule has 0 bridgehead atoms. The van der Waals surface area contributed by atoms with Crippen LogP contribution in [-0.4, -0.2) is 9.96 Å². The predicted molar refractivity (Wildman–Crippen MR) is 75.4 cm³/mol. The second kappa shape index (κ2) is 7.58. The molecule has 0 saturated heterocycles. The highest BCUT2D eigenvalue weighted by molar-refractivity contribution is 7.85. The molecule has 0 spiro atoms. The average molecular weight is 289 g/mol. The van der Waals surface area contributed by atoms with Crippen LogP contribution in [0.25, 0.3) is 0 Å². The minimum Gasteiger partial charge on any atom is -0.399 e. The monoisotopic (exact) mass is 289 g/mol. The number of benzene rings is 1. The number of halogens is 2. The van der Waals surface area contributed by atoms with E-state index in [1.807, 2.05) is 6.92 Å². The molecule has 0 saturated carbocycles. The Bertz CT molecular complexity index is 428. The maximum Gasteiger partial charge on any atom is 0.144 e. The first-order chi connectivity index (χ1) is 8.99. The van der Waals surface area contributed by atoms with Crippen LogP contribution in [0.3, 0.4) is 0 Å². The summed E-state index contributed by atoms with van der Waals surface area (Å²) in [4.78, 5) is -0.343. The van der Waals surface area contributed by atoms with Gasteiger partial charge in [0, 0.05) is 11.4 Å². The van der Waals surface area contributed by atoms with Crippen LogP contribution in [0.5, 0.6) is 0 Å². The van der Waals surface area contributed by atoms with Crippen LogP contribution in [-0.2, 0) is 10.8 Å². The van der Waals surface area contributed by atoms with E-state index in [-0.39, 0.29) is 16.5 Å². The van der Waals surface area contributed by atoms with Gasteiger partial charge in [-0.15, -0.1) is 0 Å². The van der Waals surface area contributed by atoms with Gasteiger partial charge >= 0.3 is 0 Å². The molecule has 1 aromatic carbocycles. The average Bonchev–Trinajstić information content (AvgIpc) is 2.33. The quantitative estimate of drug-likeness (QED) is 0.774. The van der Waals surface area contributed by atoms with Gasteiger partial charge < -0.3 is 5.73 Å². The summed E-state index contributed by atoms with van der Waals surface area (Å²) < 4.78 is 39.4. The molecule has 2 atom stereocenters. The normalized spacial score (nSPS) is 14.3. The molecule has 0 aliphatic heterocycles. The van der Waals surface area contributed by atoms with Crippen molar-refractivity contribution in [2.24, 2.45) is 5.92 Å². The SMILES string of the molecule is CCCCC(CC)CS(=O)c1c(F)cc(N)cc1F. The van der Waals surface area contributed by atoms with E-state index in [4.69, 9.17) is 5.73 Å². The van der Waals surface area contributed by atoms with Crippen molar-refractivity contribution in [1.82, 2.24) is 0 Å². The smallest absolute Gasteiger partial charge is 0.144 e. The second-order valence-electron chi connectivity index (χ2n) is 4.74. The number of nitrogen functional groups attached to an aromatic ring is 1. The largest absolute Gasteiger partial charge is 0.399 e. The van der Waals surface area contributed by atoms with Gasteiger partial charge in [0.1, 0.15) is 16.5 Å². The van der Waals surface area contributed by atoms with E-state index in [0.29, 0.717) is 5.75 Å². The summed E-state index contributed by atoms with van der Waals surface area (Å²) in [6.07, 6.45) is 3.91. The summed E-state index contributed by atoms with van der Waals surface area (Å²) in [5.41, 5.74) is 5.35. The van der Waals surface area contributed by atoms with Gasteiger partial charge in [-0.2, -0.15) is 0 Å². The molecule has 0 heterocycles. The van der Waals surface area contributed by atoms with Crippen molar-refractivity contribution in [3.05, 3.63) is 23.8 Å². The van der Waals surface area contributed by atoms with Gasteiger partial charge in [-0.05, 0) is 24.5 Å². The van der Waals surface area contributed by atoms with E-state index in [1.54, 1.807) is 0 Å². The van der Waals surface area contributed by atoms with Gasteiger partial charge in [0.15, 0.2) is 0 Å². The van der Waals surface area contributed by atoms with Crippen molar-refractivity contribution >= 4 is 16.5 Å². The number of nitrogens with two attached hydrogens (primary N) is 1. The lowest BCUT2D eigenvalue weighted by molar-refractivity contribution is 0.490. The molecular weight excluding hydrogens is 268 g/mol. The standard InChI is InChI=1S/C14H21F2NOS/c1-3-5-6-10(4-2)9-19(18)14-12(15)7-11(17)8-13(14)16/h7-8,10H,3-6,9,17H2,1-2H3. The van der Waals surface area contributed by atoms with Gasteiger partial charge in [0.25, 0.3) is 0 Å². The number of hydrogen-bond donors (Lipinski definition) is 1. The summed E-state index contributed by atoms with van der Waals surface area (Å²) in [5.74, 6) is -1.10. The van der Waals surface area contributed by atoms with Crippen LogP contribution in [0.1, 0.15) is 39.5 Å². The fraction of sp³-hybridized carbons (Fsp3) is 0.571. The number of hydrogen-bond acceptors (Lipinski definition) is 2. The predicted octanol–water partition coefficient (Wildman–Crippen LogP) is 3.87. The van der Waals surface area contributed by atoms with Crippen LogP contribution in [0.2, 0.25) is 0 Å². The lowest BCUT2D eigenvalue weighted by atomic mass is 10.0. The Balaban J connectivity index is 2.83. The van der Waals surface area contributed by atoms with Crippen LogP contribution in [0, 0.1) is 17.6 Å². The molecule has 2 N–H and O–H groups in total. The van der Waals surface area contributed by atoms with E-state index in [2.05, 4.69) is 6.92 Å². The molecule has 0 aliphatic rings. The molecule has 1 aromatic rings. The first-order valence-electron chi connectivity index (χ1n) is 6.62. The van der Waals surface area contributed by atoms with E-state index < -0.39 is 22.4 Å². The summed E-state index contributed by atoms with van der Waals surface area (Å²) >= 11 is 0. The lowest BCUT2D eigenvalue weighted by Gasteiger charge is -2.14. The van der Waals surface area contributed by atoms with E-state index in [9.17, 15) is 13.0 Å². The third kappa shape index (κ3) is 4.56. The highest BCUT2D eigenvalue weighted by Crippen LogP contribution is 2.23. The van der Waals surface area contributed by atoms with E-state index in [1.165, 1.54) is 0 Å². The van der Waals surface area contributed by atoms with E-state index >= 15 is 0 Å². The molecular formula is C14H21F2NOS. The van der Waals surface area contributed by atoms with E-state index in [0.717, 1.165) is 37.8 Å². The van der Waals surface area contributed by atoms with Gasteiger partial charge in [-0.3, -0.25) is 4.21 Å². The molecule has 108 valence electrons. The Morgan fingerprint density at radius 3 is 2.32 bits per heavy atom. The first-order valence-corrected chi connectivity index (χ1v) is 7.94. The lowest BCUT2D eigenvalue weighted by Crippen LogP contribution is -2.13. The minimum atomic E-state index is -1.65. The molecule has 0 radical (unpaired) electrons. The summed E-state index contributed by atoms with van der Waals surface area (Å²) in [6, 6.07) is 2.03. The summed E-state index contributed by atoms with van der Waals surface area (Å²) in [7, 11) is -1.65. The Hall–Kier alpha value is -0.970. The highest BCUT2D eigenvalue weighted by atomic mass is 32.2. The Morgan fingerprint density at radius 1 is 1.26 bits per heavy atom. The van der Waals surface area contributed by atoms with Crippen LogP contribution in [0.4, 0.5) is 14.5 Å². The number of rotatable bonds is 7. The van der Waals surface area contributed by atoms with Crippen molar-refractivity contribution in [2.75, 3.05) is 11.5 Å². The van der Waals surface area contributed by atoms with Crippen molar-refractivity contribution in [3.8, 4) is 0 Å². The van der Waals surface area contributed by atoms with Gasteiger partial charge in [0.2, 0.25) is 0 Å². The Labute approximate surface area is 115 Å². The molecule has 1 rings (SSSR count). The molecule has 0 amide bonds. The summed E-state index contributed by atoms with van der Waals surface area (Å²) in [6.45, 7) is 4.09. The molecule has 5 heteroatoms. The zero-order valence-corrected chi connectivity index (χ0v) is 12.2. The van der Waals surface area contributed by atoms with Crippen LogP contribution in [0.15, 0.2) is 17.0 Å². The first kappa shape index (κ1) is 16.1. The Morgan fingerprint density at radius 2 is 1.84 bits per heavy atom. The van der Waals surface area contributed by atoms with Crippen molar-refractivity contribution in [3.63, 3.8) is 0 Å². The molecule has 0 fully saturated rings. The van der Waals surface area contributed by atoms with Crippen molar-refractivity contribution in [2.45, 2.75) is 44.4 Å². The third-order valence-electron chi connectivity index (χ3n) is 3.18. The maximum absolute atomic E-state index is 13.7. The van der Waals surface area contributed by atoms with Gasteiger partial charge in [-0.1, -0.05) is 33.1 Å². The fourth-order valence-electron chi connectivity index (χ4n) is 1.99. The van der Waals surface area contributed by atoms with Crippen LogP contribution >= 0.6 is 0 Å². The molecule has 0 aromatic heterocycles. The molecule has 19 heavy (non-hydrogen) atoms. The summed E-state index contributed by atoms with van der Waals surface area (Å²) in [5, 5.41) is 0. The third-order valence-corrected chi connectivity index (χ3v) is 4.80. The number of anilines is 1. The van der Waals surface area contributed by atoms with Crippen molar-refractivity contribution < 1.29 is 13.0 Å². The molecule has 2 unspecified atom stereocenters. The maximum atomic E-state index is 13.7. The fourth-order valence-corrected chi connectivity index (χ4v) is 3.54. The molecule has 2 nitrogen and oxygen atoms in total. The van der Waals surface area contributed by atoms with Crippen molar-refractivity contribution in [1.29, 1.82) is 0 Å². The highest BCUT2D eigenvalue weighted by Gasteiger charge is 2.20. The van der Waals surface area contributed by atoms with Gasteiger partial charge in [0.05, 0.1) is 10.8 Å². The Kier molecular flexibility index (Phi) is 6.42. The van der Waals surface area contributed by atoms with Crippen LogP contribution < -0.4 is 5.73 Å². The number of unbranched alkanes of at least 4 members (excludes halogenated alkanes) is 1. The zero-order chi connectivity index (χ0) is 14.4. The molecule has 0 aliphatic carbocycles.